The number of aromatic nitrogens is 4. The third-order valence-electron chi connectivity index (χ3n) is 6.49. The van der Waals surface area contributed by atoms with Crippen LogP contribution in [0.1, 0.15) is 18.4 Å². The molecule has 7 heteroatoms. The van der Waals surface area contributed by atoms with Crippen LogP contribution in [0.25, 0.3) is 16.6 Å². The Labute approximate surface area is 179 Å². The van der Waals surface area contributed by atoms with Gasteiger partial charge in [0.2, 0.25) is 0 Å². The van der Waals surface area contributed by atoms with Crippen molar-refractivity contribution in [3.63, 3.8) is 0 Å². The highest BCUT2D eigenvalue weighted by Gasteiger charge is 2.52. The van der Waals surface area contributed by atoms with Crippen LogP contribution in [0.5, 0.6) is 0 Å². The molecule has 1 aliphatic carbocycles. The van der Waals surface area contributed by atoms with Crippen LogP contribution in [0, 0.1) is 11.2 Å². The summed E-state index contributed by atoms with van der Waals surface area (Å²) in [5.74, 6) is 0.707. The third-order valence-corrected chi connectivity index (χ3v) is 6.49. The first-order valence-electron chi connectivity index (χ1n) is 10.6. The van der Waals surface area contributed by atoms with Gasteiger partial charge in [-0.05, 0) is 54.7 Å². The van der Waals surface area contributed by atoms with Crippen molar-refractivity contribution >= 4 is 16.7 Å². The third kappa shape index (κ3) is 3.45. The Balaban J connectivity index is 1.03. The lowest BCUT2D eigenvalue weighted by Gasteiger charge is -2.59. The quantitative estimate of drug-likeness (QED) is 0.534. The number of fused-ring (bicyclic) bond motifs is 1. The minimum atomic E-state index is -0.233. The van der Waals surface area contributed by atoms with Gasteiger partial charge < -0.3 is 5.32 Å². The molecule has 6 rings (SSSR count). The van der Waals surface area contributed by atoms with Crippen molar-refractivity contribution < 1.29 is 4.39 Å². The van der Waals surface area contributed by atoms with Gasteiger partial charge in [0.25, 0.3) is 0 Å². The van der Waals surface area contributed by atoms with E-state index in [1.165, 1.54) is 30.5 Å². The van der Waals surface area contributed by atoms with Crippen LogP contribution in [-0.2, 0) is 6.54 Å². The van der Waals surface area contributed by atoms with Crippen LogP contribution in [0.15, 0.2) is 67.3 Å². The van der Waals surface area contributed by atoms with Gasteiger partial charge in [-0.15, -0.1) is 0 Å². The summed E-state index contributed by atoms with van der Waals surface area (Å²) in [6.45, 7) is 3.15. The standard InChI is InChI=1S/C24H23FN6/c25-18-5-7-20(8-6-18)31-13-17(11-28-31)12-30-14-24(15-30)9-19(10-24)29-23-21-3-1-2-4-22(21)26-16-27-23/h1-8,11,13,16,19H,9-10,12,14-15H2,(H,26,27,29). The normalized spacial score (nSPS) is 18.1. The molecule has 2 aromatic heterocycles. The van der Waals surface area contributed by atoms with Gasteiger partial charge in [-0.1, -0.05) is 12.1 Å². The molecule has 4 aromatic rings. The van der Waals surface area contributed by atoms with E-state index in [0.29, 0.717) is 11.5 Å². The van der Waals surface area contributed by atoms with Crippen LogP contribution in [0.2, 0.25) is 0 Å². The number of anilines is 1. The number of rotatable bonds is 5. The minimum absolute atomic E-state index is 0.233. The molecule has 0 atom stereocenters. The smallest absolute Gasteiger partial charge is 0.137 e. The van der Waals surface area contributed by atoms with E-state index in [1.54, 1.807) is 23.1 Å². The van der Waals surface area contributed by atoms with Crippen LogP contribution in [0.3, 0.4) is 0 Å². The summed E-state index contributed by atoms with van der Waals surface area (Å²) in [6.07, 6.45) is 7.92. The first-order valence-corrected chi connectivity index (χ1v) is 10.6. The van der Waals surface area contributed by atoms with Gasteiger partial charge in [0.15, 0.2) is 0 Å². The van der Waals surface area contributed by atoms with Crippen LogP contribution >= 0.6 is 0 Å². The zero-order chi connectivity index (χ0) is 20.8. The number of halogens is 1. The molecule has 1 aliphatic heterocycles. The van der Waals surface area contributed by atoms with Crippen molar-refractivity contribution in [2.75, 3.05) is 18.4 Å². The highest BCUT2D eigenvalue weighted by atomic mass is 19.1. The molecular weight excluding hydrogens is 391 g/mol. The number of nitrogens with zero attached hydrogens (tertiary/aromatic N) is 5. The lowest BCUT2D eigenvalue weighted by Crippen LogP contribution is -2.64. The summed E-state index contributed by atoms with van der Waals surface area (Å²) in [5, 5.41) is 9.14. The molecule has 2 aromatic carbocycles. The summed E-state index contributed by atoms with van der Waals surface area (Å²) in [7, 11) is 0. The molecule has 2 aliphatic rings. The van der Waals surface area contributed by atoms with E-state index in [4.69, 9.17) is 0 Å². The maximum atomic E-state index is 13.1. The van der Waals surface area contributed by atoms with Crippen LogP contribution in [-0.4, -0.2) is 43.8 Å². The largest absolute Gasteiger partial charge is 0.367 e. The fourth-order valence-electron chi connectivity index (χ4n) is 5.11. The van der Waals surface area contributed by atoms with Crippen molar-refractivity contribution in [1.82, 2.24) is 24.6 Å². The Bertz CT molecular complexity index is 1220. The van der Waals surface area contributed by atoms with E-state index in [9.17, 15) is 4.39 Å². The molecule has 0 radical (unpaired) electrons. The number of nitrogens with one attached hydrogen (secondary N) is 1. The Morgan fingerprint density at radius 2 is 1.84 bits per heavy atom. The summed E-state index contributed by atoms with van der Waals surface area (Å²) < 4.78 is 14.9. The van der Waals surface area contributed by atoms with E-state index in [2.05, 4.69) is 31.3 Å². The fourth-order valence-corrected chi connectivity index (χ4v) is 5.11. The van der Waals surface area contributed by atoms with Crippen molar-refractivity contribution in [3.8, 4) is 5.69 Å². The lowest BCUT2D eigenvalue weighted by atomic mass is 9.60. The Morgan fingerprint density at radius 3 is 2.68 bits per heavy atom. The van der Waals surface area contributed by atoms with Crippen molar-refractivity contribution in [2.24, 2.45) is 5.41 Å². The maximum Gasteiger partial charge on any atom is 0.137 e. The molecule has 31 heavy (non-hydrogen) atoms. The van der Waals surface area contributed by atoms with Crippen molar-refractivity contribution in [1.29, 1.82) is 0 Å². The molecule has 0 unspecified atom stereocenters. The monoisotopic (exact) mass is 414 g/mol. The van der Waals surface area contributed by atoms with Gasteiger partial charge in [-0.3, -0.25) is 4.90 Å². The summed E-state index contributed by atoms with van der Waals surface area (Å²) in [4.78, 5) is 11.3. The second-order valence-electron chi connectivity index (χ2n) is 8.90. The molecule has 1 N–H and O–H groups in total. The van der Waals surface area contributed by atoms with Gasteiger partial charge in [0, 0.05) is 42.8 Å². The Kier molecular flexibility index (Phi) is 4.24. The maximum absolute atomic E-state index is 13.1. The highest BCUT2D eigenvalue weighted by molar-refractivity contribution is 5.88. The molecule has 1 saturated heterocycles. The first-order chi connectivity index (χ1) is 15.2. The molecule has 156 valence electrons. The number of benzene rings is 2. The van der Waals surface area contributed by atoms with Crippen molar-refractivity contribution in [2.45, 2.75) is 25.4 Å². The van der Waals surface area contributed by atoms with Gasteiger partial charge in [-0.25, -0.2) is 19.0 Å². The molecular formula is C24H23FN6. The van der Waals surface area contributed by atoms with E-state index in [-0.39, 0.29) is 5.82 Å². The molecule has 2 fully saturated rings. The van der Waals surface area contributed by atoms with E-state index >= 15 is 0 Å². The van der Waals surface area contributed by atoms with Crippen LogP contribution < -0.4 is 5.32 Å². The highest BCUT2D eigenvalue weighted by Crippen LogP contribution is 2.49. The summed E-state index contributed by atoms with van der Waals surface area (Å²) >= 11 is 0. The number of hydrogen-bond acceptors (Lipinski definition) is 5. The first kappa shape index (κ1) is 18.4. The van der Waals surface area contributed by atoms with E-state index < -0.39 is 0 Å². The molecule has 6 nitrogen and oxygen atoms in total. The number of hydrogen-bond donors (Lipinski definition) is 1. The van der Waals surface area contributed by atoms with Gasteiger partial charge in [0.1, 0.15) is 18.0 Å². The van der Waals surface area contributed by atoms with Crippen LogP contribution in [0.4, 0.5) is 10.2 Å². The average molecular weight is 414 g/mol. The number of para-hydroxylation sites is 1. The number of likely N-dealkylation sites (tertiary alicyclic amines) is 1. The van der Waals surface area contributed by atoms with E-state index in [1.807, 2.05) is 30.6 Å². The molecule has 0 bridgehead atoms. The Morgan fingerprint density at radius 1 is 1.03 bits per heavy atom. The van der Waals surface area contributed by atoms with Gasteiger partial charge >= 0.3 is 0 Å². The average Bonchev–Trinajstić information content (AvgIpc) is 3.20. The second-order valence-corrected chi connectivity index (χ2v) is 8.90. The molecule has 3 heterocycles. The van der Waals surface area contributed by atoms with Crippen molar-refractivity contribution in [3.05, 3.63) is 78.6 Å². The van der Waals surface area contributed by atoms with E-state index in [0.717, 1.165) is 42.0 Å². The molecule has 0 amide bonds. The molecule has 1 saturated carbocycles. The predicted molar refractivity (Wildman–Crippen MR) is 117 cm³/mol. The second kappa shape index (κ2) is 7.13. The Hall–Kier alpha value is -3.32. The zero-order valence-corrected chi connectivity index (χ0v) is 17.1. The minimum Gasteiger partial charge on any atom is -0.367 e. The van der Waals surface area contributed by atoms with Gasteiger partial charge in [0.05, 0.1) is 17.4 Å². The fraction of sp³-hybridized carbons (Fsp3) is 0.292. The predicted octanol–water partition coefficient (Wildman–Crippen LogP) is 4.03. The lowest BCUT2D eigenvalue weighted by molar-refractivity contribution is -0.0712. The van der Waals surface area contributed by atoms with Gasteiger partial charge in [-0.2, -0.15) is 5.10 Å². The molecule has 1 spiro atoms. The SMILES string of the molecule is Fc1ccc(-n2cc(CN3CC4(CC(Nc5ncnc6ccccc56)C4)C3)cn2)cc1. The summed E-state index contributed by atoms with van der Waals surface area (Å²) in [6, 6.07) is 15.0. The topological polar surface area (TPSA) is 58.9 Å². The zero-order valence-electron chi connectivity index (χ0n) is 17.1. The summed E-state index contributed by atoms with van der Waals surface area (Å²) in [5.41, 5.74) is 3.47.